The minimum Gasteiger partial charge on any atom is -0.487 e. The molecule has 0 fully saturated rings. The van der Waals surface area contributed by atoms with Crippen LogP contribution < -0.4 is 4.74 Å². The van der Waals surface area contributed by atoms with Crippen LogP contribution in [0.2, 0.25) is 10.0 Å². The standard InChI is InChI=1S/C24H15Cl2I2NO3/c1-13-4-2-3-5-16(13)12-31-22-19(27)8-14(9-20(22)28)10-21-24(30)32-23(29-21)15-6-7-17(25)18(26)11-15/h2-11H,12H2,1H3/b21-10-. The fourth-order valence-corrected chi connectivity index (χ4v) is 5.47. The molecular formula is C24H15Cl2I2NO3. The van der Waals surface area contributed by atoms with Gasteiger partial charge in [0.2, 0.25) is 5.90 Å². The van der Waals surface area contributed by atoms with Crippen molar-refractivity contribution in [2.45, 2.75) is 13.5 Å². The Morgan fingerprint density at radius 1 is 1.03 bits per heavy atom. The van der Waals surface area contributed by atoms with E-state index < -0.39 is 5.97 Å². The van der Waals surface area contributed by atoms with Crippen LogP contribution in [0.3, 0.4) is 0 Å². The van der Waals surface area contributed by atoms with Crippen LogP contribution in [0.4, 0.5) is 0 Å². The van der Waals surface area contributed by atoms with Crippen molar-refractivity contribution >= 4 is 86.3 Å². The summed E-state index contributed by atoms with van der Waals surface area (Å²) in [6, 6.07) is 17.0. The van der Waals surface area contributed by atoms with Crippen molar-refractivity contribution in [3.05, 3.63) is 99.7 Å². The molecule has 1 heterocycles. The summed E-state index contributed by atoms with van der Waals surface area (Å²) in [6.07, 6.45) is 1.70. The Morgan fingerprint density at radius 2 is 1.75 bits per heavy atom. The number of hydrogen-bond acceptors (Lipinski definition) is 4. The minimum atomic E-state index is -0.518. The number of carbonyl (C=O) groups is 1. The number of carbonyl (C=O) groups excluding carboxylic acids is 1. The van der Waals surface area contributed by atoms with E-state index in [0.717, 1.165) is 24.0 Å². The molecule has 0 atom stereocenters. The summed E-state index contributed by atoms with van der Waals surface area (Å²) in [5.74, 6) is 0.490. The van der Waals surface area contributed by atoms with E-state index in [-0.39, 0.29) is 11.6 Å². The fraction of sp³-hybridized carbons (Fsp3) is 0.0833. The number of rotatable bonds is 5. The lowest BCUT2D eigenvalue weighted by Gasteiger charge is -2.13. The molecule has 0 unspecified atom stereocenters. The molecule has 0 saturated heterocycles. The van der Waals surface area contributed by atoms with Crippen LogP contribution >= 0.6 is 68.4 Å². The van der Waals surface area contributed by atoms with Crippen LogP contribution in [0, 0.1) is 14.1 Å². The number of hydrogen-bond donors (Lipinski definition) is 0. The lowest BCUT2D eigenvalue weighted by atomic mass is 10.1. The first-order chi connectivity index (χ1) is 15.3. The Balaban J connectivity index is 1.57. The van der Waals surface area contributed by atoms with E-state index in [2.05, 4.69) is 69.2 Å². The summed E-state index contributed by atoms with van der Waals surface area (Å²) in [5, 5.41) is 0.788. The predicted molar refractivity (Wildman–Crippen MR) is 144 cm³/mol. The van der Waals surface area contributed by atoms with Gasteiger partial charge >= 0.3 is 5.97 Å². The molecule has 0 aromatic heterocycles. The maximum absolute atomic E-state index is 12.3. The van der Waals surface area contributed by atoms with Crippen LogP contribution in [-0.2, 0) is 16.1 Å². The number of esters is 1. The number of aryl methyl sites for hydroxylation is 1. The van der Waals surface area contributed by atoms with Gasteiger partial charge in [-0.05, 0) is 105 Å². The molecule has 162 valence electrons. The van der Waals surface area contributed by atoms with Gasteiger partial charge in [-0.1, -0.05) is 47.5 Å². The molecule has 0 radical (unpaired) electrons. The number of cyclic esters (lactones) is 1. The van der Waals surface area contributed by atoms with Crippen molar-refractivity contribution in [3.8, 4) is 5.75 Å². The fourth-order valence-electron chi connectivity index (χ4n) is 3.04. The van der Waals surface area contributed by atoms with E-state index in [0.29, 0.717) is 22.2 Å². The van der Waals surface area contributed by atoms with E-state index in [1.165, 1.54) is 5.56 Å². The SMILES string of the molecule is Cc1ccccc1COc1c(I)cc(/C=C2\N=C(c3ccc(Cl)c(Cl)c3)OC2=O)cc1I. The van der Waals surface area contributed by atoms with Crippen LogP contribution in [-0.4, -0.2) is 11.9 Å². The van der Waals surface area contributed by atoms with Crippen LogP contribution in [0.5, 0.6) is 5.75 Å². The van der Waals surface area contributed by atoms with E-state index in [9.17, 15) is 4.79 Å². The molecule has 0 spiro atoms. The maximum atomic E-state index is 12.3. The number of ether oxygens (including phenoxy) is 2. The van der Waals surface area contributed by atoms with Crippen molar-refractivity contribution in [3.63, 3.8) is 0 Å². The molecule has 0 N–H and O–H groups in total. The second-order valence-electron chi connectivity index (χ2n) is 6.99. The van der Waals surface area contributed by atoms with Gasteiger partial charge in [0.05, 0.1) is 17.2 Å². The molecule has 3 aromatic rings. The average molecular weight is 690 g/mol. The second kappa shape index (κ2) is 10.1. The first-order valence-electron chi connectivity index (χ1n) is 9.46. The molecule has 1 aliphatic rings. The maximum Gasteiger partial charge on any atom is 0.363 e. The zero-order valence-electron chi connectivity index (χ0n) is 16.7. The van der Waals surface area contributed by atoms with Crippen LogP contribution in [0.1, 0.15) is 22.3 Å². The van der Waals surface area contributed by atoms with Gasteiger partial charge in [-0.15, -0.1) is 0 Å². The van der Waals surface area contributed by atoms with E-state index in [1.807, 2.05) is 24.3 Å². The van der Waals surface area contributed by atoms with Crippen molar-refractivity contribution in [2.24, 2.45) is 4.99 Å². The van der Waals surface area contributed by atoms with Gasteiger partial charge in [-0.25, -0.2) is 9.79 Å². The highest BCUT2D eigenvalue weighted by atomic mass is 127. The molecule has 0 bridgehead atoms. The molecule has 4 nitrogen and oxygen atoms in total. The zero-order valence-corrected chi connectivity index (χ0v) is 22.5. The Labute approximate surface area is 222 Å². The van der Waals surface area contributed by atoms with E-state index in [1.54, 1.807) is 24.3 Å². The third-order valence-corrected chi connectivity index (χ3v) is 7.09. The number of aliphatic imine (C=N–C) groups is 1. The molecule has 32 heavy (non-hydrogen) atoms. The first kappa shape index (κ1) is 23.5. The zero-order chi connectivity index (χ0) is 22.8. The van der Waals surface area contributed by atoms with Crippen molar-refractivity contribution in [1.82, 2.24) is 0 Å². The van der Waals surface area contributed by atoms with Crippen LogP contribution in [0.25, 0.3) is 6.08 Å². The normalized spacial score (nSPS) is 14.5. The molecular weight excluding hydrogens is 675 g/mol. The monoisotopic (exact) mass is 689 g/mol. The summed E-state index contributed by atoms with van der Waals surface area (Å²) in [5.41, 5.74) is 3.96. The van der Waals surface area contributed by atoms with Crippen molar-refractivity contribution in [1.29, 1.82) is 0 Å². The number of nitrogens with zero attached hydrogens (tertiary/aromatic N) is 1. The van der Waals surface area contributed by atoms with E-state index >= 15 is 0 Å². The average Bonchev–Trinajstić information content (AvgIpc) is 3.11. The molecule has 0 amide bonds. The van der Waals surface area contributed by atoms with Gasteiger partial charge in [0.1, 0.15) is 12.4 Å². The Hall–Kier alpha value is -1.62. The lowest BCUT2D eigenvalue weighted by molar-refractivity contribution is -0.129. The highest BCUT2D eigenvalue weighted by Crippen LogP contribution is 2.32. The third-order valence-electron chi connectivity index (χ3n) is 4.74. The first-order valence-corrected chi connectivity index (χ1v) is 12.4. The van der Waals surface area contributed by atoms with Crippen LogP contribution in [0.15, 0.2) is 65.3 Å². The molecule has 0 aliphatic carbocycles. The van der Waals surface area contributed by atoms with Gasteiger partial charge in [0.25, 0.3) is 0 Å². The van der Waals surface area contributed by atoms with Gasteiger partial charge in [-0.2, -0.15) is 0 Å². The Kier molecular flexibility index (Phi) is 7.44. The van der Waals surface area contributed by atoms with E-state index in [4.69, 9.17) is 32.7 Å². The third kappa shape index (κ3) is 5.30. The predicted octanol–water partition coefficient (Wildman–Crippen LogP) is 7.43. The summed E-state index contributed by atoms with van der Waals surface area (Å²) in [4.78, 5) is 16.7. The summed E-state index contributed by atoms with van der Waals surface area (Å²) in [6.45, 7) is 2.56. The molecule has 8 heteroatoms. The summed E-state index contributed by atoms with van der Waals surface area (Å²) in [7, 11) is 0. The van der Waals surface area contributed by atoms with Gasteiger partial charge in [-0.3, -0.25) is 0 Å². The smallest absolute Gasteiger partial charge is 0.363 e. The Morgan fingerprint density at radius 3 is 2.44 bits per heavy atom. The van der Waals surface area contributed by atoms with Gasteiger partial charge in [0, 0.05) is 5.56 Å². The second-order valence-corrected chi connectivity index (χ2v) is 10.1. The summed E-state index contributed by atoms with van der Waals surface area (Å²) < 4.78 is 13.3. The highest BCUT2D eigenvalue weighted by Gasteiger charge is 2.25. The molecule has 1 aliphatic heterocycles. The van der Waals surface area contributed by atoms with Gasteiger partial charge < -0.3 is 9.47 Å². The minimum absolute atomic E-state index is 0.197. The summed E-state index contributed by atoms with van der Waals surface area (Å²) >= 11 is 16.5. The molecule has 3 aromatic carbocycles. The highest BCUT2D eigenvalue weighted by molar-refractivity contribution is 14.1. The molecule has 4 rings (SSSR count). The topological polar surface area (TPSA) is 47.9 Å². The van der Waals surface area contributed by atoms with Gasteiger partial charge in [0.15, 0.2) is 5.70 Å². The van der Waals surface area contributed by atoms with Crippen molar-refractivity contribution in [2.75, 3.05) is 0 Å². The largest absolute Gasteiger partial charge is 0.487 e. The number of halogens is 4. The number of benzene rings is 3. The quantitative estimate of drug-likeness (QED) is 0.159. The van der Waals surface area contributed by atoms with Crippen molar-refractivity contribution < 1.29 is 14.3 Å². The lowest BCUT2D eigenvalue weighted by Crippen LogP contribution is -2.05. The Bertz CT molecular complexity index is 1260. The molecule has 0 saturated carbocycles.